The summed E-state index contributed by atoms with van der Waals surface area (Å²) in [6.45, 7) is 6.98. The Hall–Kier alpha value is -3.17. The van der Waals surface area contributed by atoms with Gasteiger partial charge in [0.2, 0.25) is 0 Å². The van der Waals surface area contributed by atoms with Crippen LogP contribution in [0.5, 0.6) is 5.75 Å². The Morgan fingerprint density at radius 2 is 1.04 bits per heavy atom. The van der Waals surface area contributed by atoms with E-state index in [2.05, 4.69) is 20.8 Å². The first-order valence-electron chi connectivity index (χ1n) is 20.7. The summed E-state index contributed by atoms with van der Waals surface area (Å²) in [5.74, 6) is -0.212. The van der Waals surface area contributed by atoms with E-state index in [4.69, 9.17) is 18.9 Å². The lowest BCUT2D eigenvalue weighted by Gasteiger charge is -2.19. The molecule has 1 unspecified atom stereocenters. The highest BCUT2D eigenvalue weighted by atomic mass is 16.7. The number of unbranched alkanes of at least 4 members (excludes halogenated alkanes) is 16. The molecule has 298 valence electrons. The molecule has 0 N–H and O–H groups in total. The predicted octanol–water partition coefficient (Wildman–Crippen LogP) is 12.2. The molecule has 0 aliphatic rings. The number of hydrogen-bond donors (Lipinski definition) is 0. The summed E-state index contributed by atoms with van der Waals surface area (Å²) < 4.78 is 21.7. The quantitative estimate of drug-likeness (QED) is 0.0169. The van der Waals surface area contributed by atoms with Crippen LogP contribution in [-0.4, -0.2) is 42.8 Å². The lowest BCUT2D eigenvalue weighted by molar-refractivity contribution is -0.384. The second kappa shape index (κ2) is 32.5. The van der Waals surface area contributed by atoms with Crippen molar-refractivity contribution < 1.29 is 38.3 Å². The number of carbonyl (C=O) groups is 3. The van der Waals surface area contributed by atoms with Gasteiger partial charge in [0.25, 0.3) is 5.69 Å². The third-order valence-electron chi connectivity index (χ3n) is 9.64. The number of hydrogen-bond acceptors (Lipinski definition) is 9. The van der Waals surface area contributed by atoms with Gasteiger partial charge in [-0.1, -0.05) is 136 Å². The van der Waals surface area contributed by atoms with Gasteiger partial charge in [0.05, 0.1) is 24.7 Å². The Morgan fingerprint density at radius 1 is 0.577 bits per heavy atom. The lowest BCUT2D eigenvalue weighted by atomic mass is 9.91. The fraction of sp³-hybridized carbons (Fsp3) is 0.786. The number of rotatable bonds is 34. The summed E-state index contributed by atoms with van der Waals surface area (Å²) in [4.78, 5) is 48.1. The zero-order valence-corrected chi connectivity index (χ0v) is 32.9. The third-order valence-corrected chi connectivity index (χ3v) is 9.64. The van der Waals surface area contributed by atoms with Crippen LogP contribution in [0.2, 0.25) is 0 Å². The maximum Gasteiger partial charge on any atom is 0.513 e. The van der Waals surface area contributed by atoms with Crippen molar-refractivity contribution >= 4 is 23.8 Å². The van der Waals surface area contributed by atoms with Crippen molar-refractivity contribution in [3.63, 3.8) is 0 Å². The molecule has 1 rings (SSSR count). The molecule has 0 fully saturated rings. The highest BCUT2D eigenvalue weighted by Gasteiger charge is 2.19. The van der Waals surface area contributed by atoms with Crippen molar-refractivity contribution in [2.45, 2.75) is 181 Å². The molecule has 10 heteroatoms. The monoisotopic (exact) mass is 734 g/mol. The molecule has 10 nitrogen and oxygen atoms in total. The van der Waals surface area contributed by atoms with E-state index < -0.39 is 11.1 Å². The number of nitrogens with zero attached hydrogens (tertiary/aromatic N) is 1. The second-order valence-electron chi connectivity index (χ2n) is 14.4. The molecular weight excluding hydrogens is 662 g/mol. The van der Waals surface area contributed by atoms with Crippen LogP contribution in [0.4, 0.5) is 10.5 Å². The van der Waals surface area contributed by atoms with Gasteiger partial charge in [0.15, 0.2) is 0 Å². The maximum atomic E-state index is 12.9. The van der Waals surface area contributed by atoms with Crippen LogP contribution in [0.15, 0.2) is 24.3 Å². The molecule has 0 saturated heterocycles. The van der Waals surface area contributed by atoms with Crippen LogP contribution in [0.3, 0.4) is 0 Å². The normalized spacial score (nSPS) is 11.7. The molecule has 1 aromatic rings. The van der Waals surface area contributed by atoms with Crippen molar-refractivity contribution in [2.75, 3.05) is 19.8 Å². The van der Waals surface area contributed by atoms with Gasteiger partial charge in [0.1, 0.15) is 5.75 Å². The van der Waals surface area contributed by atoms with Gasteiger partial charge in [-0.25, -0.2) is 4.79 Å². The summed E-state index contributed by atoms with van der Waals surface area (Å²) in [5, 5.41) is 10.9. The fourth-order valence-corrected chi connectivity index (χ4v) is 6.31. The zero-order chi connectivity index (χ0) is 38.1. The van der Waals surface area contributed by atoms with Gasteiger partial charge in [-0.05, 0) is 56.1 Å². The van der Waals surface area contributed by atoms with E-state index in [9.17, 15) is 24.5 Å². The molecule has 1 aromatic carbocycles. The molecule has 0 heterocycles. The molecule has 1 atom stereocenters. The van der Waals surface area contributed by atoms with Crippen molar-refractivity contribution in [1.29, 1.82) is 0 Å². The van der Waals surface area contributed by atoms with Crippen molar-refractivity contribution in [3.05, 3.63) is 34.4 Å². The smallest absolute Gasteiger partial charge is 0.466 e. The largest absolute Gasteiger partial charge is 0.513 e. The van der Waals surface area contributed by atoms with Gasteiger partial charge < -0.3 is 18.9 Å². The Bertz CT molecular complexity index is 1050. The minimum Gasteiger partial charge on any atom is -0.466 e. The van der Waals surface area contributed by atoms with Gasteiger partial charge >= 0.3 is 18.1 Å². The van der Waals surface area contributed by atoms with E-state index in [0.29, 0.717) is 31.6 Å². The van der Waals surface area contributed by atoms with E-state index >= 15 is 0 Å². The Balaban J connectivity index is 2.59. The van der Waals surface area contributed by atoms with Gasteiger partial charge in [-0.3, -0.25) is 19.7 Å². The van der Waals surface area contributed by atoms with E-state index in [1.165, 1.54) is 114 Å². The lowest BCUT2D eigenvalue weighted by Crippen LogP contribution is -2.21. The number of nitro groups is 1. The summed E-state index contributed by atoms with van der Waals surface area (Å²) in [6.07, 6.45) is 25.5. The average molecular weight is 734 g/mol. The topological polar surface area (TPSA) is 131 Å². The van der Waals surface area contributed by atoms with Gasteiger partial charge in [-0.2, -0.15) is 0 Å². The van der Waals surface area contributed by atoms with E-state index in [1.54, 1.807) is 0 Å². The third kappa shape index (κ3) is 26.6. The maximum absolute atomic E-state index is 12.9. The van der Waals surface area contributed by atoms with Gasteiger partial charge in [0, 0.05) is 25.0 Å². The number of benzene rings is 1. The van der Waals surface area contributed by atoms with E-state index in [1.807, 2.05) is 0 Å². The SMILES string of the molecule is CCCCCCCCCCCC(=O)OCCC(CCOC(=O)CC(CCCCCCC)CCCCCCC)COC(=O)Oc1ccc([N+](=O)[O-])cc1. The van der Waals surface area contributed by atoms with Gasteiger partial charge in [-0.15, -0.1) is 0 Å². The van der Waals surface area contributed by atoms with Crippen LogP contribution in [0.1, 0.15) is 181 Å². The molecule has 52 heavy (non-hydrogen) atoms. The van der Waals surface area contributed by atoms with Crippen molar-refractivity contribution in [1.82, 2.24) is 0 Å². The Morgan fingerprint density at radius 3 is 1.54 bits per heavy atom. The van der Waals surface area contributed by atoms with Crippen LogP contribution in [-0.2, 0) is 23.8 Å². The van der Waals surface area contributed by atoms with Crippen molar-refractivity contribution in [3.8, 4) is 5.75 Å². The molecule has 0 aromatic heterocycles. The minimum absolute atomic E-state index is 0.0166. The standard InChI is InChI=1S/C42H71NO9/c1-4-7-10-13-14-15-16-19-22-25-40(44)49-32-30-37(35-51-42(46)52-39-28-26-38(27-29-39)43(47)48)31-33-50-41(45)34-36(23-20-17-11-8-5-2)24-21-18-12-9-6-3/h26-29,36-37H,4-25,30-35H2,1-3H3. The zero-order valence-electron chi connectivity index (χ0n) is 32.9. The predicted molar refractivity (Wildman–Crippen MR) is 206 cm³/mol. The number of nitro benzene ring substituents is 1. The van der Waals surface area contributed by atoms with E-state index in [0.717, 1.165) is 44.9 Å². The molecular formula is C42H71NO9. The van der Waals surface area contributed by atoms with Crippen LogP contribution in [0.25, 0.3) is 0 Å². The number of non-ortho nitro benzene ring substituents is 1. The summed E-state index contributed by atoms with van der Waals surface area (Å²) in [7, 11) is 0. The van der Waals surface area contributed by atoms with Crippen LogP contribution >= 0.6 is 0 Å². The molecule has 0 aliphatic carbocycles. The van der Waals surface area contributed by atoms with Crippen molar-refractivity contribution in [2.24, 2.45) is 11.8 Å². The first-order chi connectivity index (χ1) is 25.3. The molecule has 0 bridgehead atoms. The average Bonchev–Trinajstić information content (AvgIpc) is 3.12. The Labute approximate surface area is 314 Å². The summed E-state index contributed by atoms with van der Waals surface area (Å²) >= 11 is 0. The Kier molecular flexibility index (Phi) is 29.3. The molecule has 0 aliphatic heterocycles. The molecule has 0 amide bonds. The van der Waals surface area contributed by atoms with E-state index in [-0.39, 0.29) is 49.1 Å². The number of esters is 2. The first kappa shape index (κ1) is 46.9. The number of ether oxygens (including phenoxy) is 4. The summed E-state index contributed by atoms with van der Waals surface area (Å²) in [5.41, 5.74) is -0.118. The fourth-order valence-electron chi connectivity index (χ4n) is 6.31. The first-order valence-corrected chi connectivity index (χ1v) is 20.7. The summed E-state index contributed by atoms with van der Waals surface area (Å²) in [6, 6.07) is 5.14. The van der Waals surface area contributed by atoms with Crippen LogP contribution in [0, 0.1) is 22.0 Å². The molecule has 0 spiro atoms. The molecule has 0 saturated carbocycles. The molecule has 0 radical (unpaired) electrons. The highest BCUT2D eigenvalue weighted by Crippen LogP contribution is 2.23. The second-order valence-corrected chi connectivity index (χ2v) is 14.4. The minimum atomic E-state index is -0.945. The van der Waals surface area contributed by atoms with Crippen LogP contribution < -0.4 is 4.74 Å². The highest BCUT2D eigenvalue weighted by molar-refractivity contribution is 5.69. The number of carbonyl (C=O) groups excluding carboxylic acids is 3.